The predicted octanol–water partition coefficient (Wildman–Crippen LogP) is 6.15. The largest absolute Gasteiger partial charge is 0.422 e. The van der Waals surface area contributed by atoms with Gasteiger partial charge < -0.3 is 4.74 Å². The summed E-state index contributed by atoms with van der Waals surface area (Å²) in [5, 5.41) is 4.92. The number of ether oxygens (including phenoxy) is 1. The van der Waals surface area contributed by atoms with Crippen LogP contribution in [0.15, 0.2) is 85.6 Å². The normalized spacial score (nSPS) is 11.4. The number of carbonyl (C=O) groups excluding carboxylic acids is 1. The maximum Gasteiger partial charge on any atom is 0.343 e. The third-order valence-corrected chi connectivity index (χ3v) is 5.88. The van der Waals surface area contributed by atoms with Crippen molar-refractivity contribution < 1.29 is 9.53 Å². The number of rotatable bonds is 5. The monoisotopic (exact) mass is 567 g/mol. The second kappa shape index (κ2) is 9.80. The van der Waals surface area contributed by atoms with E-state index < -0.39 is 5.97 Å². The summed E-state index contributed by atoms with van der Waals surface area (Å²) >= 11 is 6.79. The van der Waals surface area contributed by atoms with Gasteiger partial charge in [-0.1, -0.05) is 57.8 Å². The molecular weight excluding hydrogens is 550 g/mol. The van der Waals surface area contributed by atoms with Gasteiger partial charge in [-0.15, -0.1) is 0 Å². The maximum atomic E-state index is 13.1. The van der Waals surface area contributed by atoms with Crippen LogP contribution in [0.2, 0.25) is 0 Å². The molecule has 3 aromatic carbocycles. The number of carbonyl (C=O) groups is 1. The molecule has 0 atom stereocenters. The van der Waals surface area contributed by atoms with E-state index in [9.17, 15) is 9.59 Å². The first-order chi connectivity index (χ1) is 15.8. The number of fused-ring (bicyclic) bond motifs is 1. The van der Waals surface area contributed by atoms with Crippen LogP contribution < -0.4 is 10.3 Å². The number of hydrogen-bond acceptors (Lipinski definition) is 5. The van der Waals surface area contributed by atoms with Crippen LogP contribution in [-0.4, -0.2) is 21.8 Å². The molecule has 0 radical (unpaired) electrons. The molecule has 0 saturated carbocycles. The van der Waals surface area contributed by atoms with Crippen molar-refractivity contribution in [2.24, 2.45) is 5.10 Å². The van der Waals surface area contributed by atoms with Crippen molar-refractivity contribution in [3.05, 3.63) is 103 Å². The van der Waals surface area contributed by atoms with Crippen molar-refractivity contribution in [2.75, 3.05) is 0 Å². The lowest BCUT2D eigenvalue weighted by molar-refractivity contribution is 0.0734. The Labute approximate surface area is 207 Å². The molecule has 1 heterocycles. The molecule has 166 valence electrons. The summed E-state index contributed by atoms with van der Waals surface area (Å²) in [6.45, 7) is 3.90. The average Bonchev–Trinajstić information content (AvgIpc) is 2.80. The predicted molar refractivity (Wildman–Crippen MR) is 136 cm³/mol. The molecule has 4 aromatic rings. The molecule has 0 fully saturated rings. The quantitative estimate of drug-likeness (QED) is 0.164. The van der Waals surface area contributed by atoms with E-state index in [2.05, 4.69) is 41.9 Å². The molecule has 0 bridgehead atoms. The van der Waals surface area contributed by atoms with Gasteiger partial charge in [-0.2, -0.15) is 9.78 Å². The molecule has 0 aliphatic carbocycles. The second-order valence-corrected chi connectivity index (χ2v) is 9.41. The van der Waals surface area contributed by atoms with E-state index in [0.29, 0.717) is 33.6 Å². The number of esters is 1. The third kappa shape index (κ3) is 5.12. The van der Waals surface area contributed by atoms with Gasteiger partial charge in [0, 0.05) is 20.4 Å². The van der Waals surface area contributed by atoms with Crippen molar-refractivity contribution in [3.8, 4) is 5.75 Å². The molecule has 0 saturated heterocycles. The zero-order valence-corrected chi connectivity index (χ0v) is 21.0. The minimum Gasteiger partial charge on any atom is -0.422 e. The molecule has 4 rings (SSSR count). The number of benzene rings is 3. The molecule has 0 aliphatic heterocycles. The SMILES string of the molecule is CC(C)c1nc2ccccc2c(=O)n1N=Cc1cc(Br)ccc1OC(=O)c1ccc(Br)cc1. The molecule has 33 heavy (non-hydrogen) atoms. The number of aromatic nitrogens is 2. The van der Waals surface area contributed by atoms with E-state index >= 15 is 0 Å². The lowest BCUT2D eigenvalue weighted by atomic mass is 10.2. The highest BCUT2D eigenvalue weighted by Crippen LogP contribution is 2.24. The number of para-hydroxylation sites is 1. The lowest BCUT2D eigenvalue weighted by Gasteiger charge is -2.12. The molecular formula is C25H19Br2N3O3. The van der Waals surface area contributed by atoms with Gasteiger partial charge in [-0.3, -0.25) is 4.79 Å². The Bertz CT molecular complexity index is 1430. The summed E-state index contributed by atoms with van der Waals surface area (Å²) in [7, 11) is 0. The summed E-state index contributed by atoms with van der Waals surface area (Å²) in [4.78, 5) is 30.4. The van der Waals surface area contributed by atoms with Crippen LogP contribution in [0.25, 0.3) is 10.9 Å². The van der Waals surface area contributed by atoms with E-state index in [0.717, 1.165) is 8.95 Å². The Kier molecular flexibility index (Phi) is 6.85. The fourth-order valence-corrected chi connectivity index (χ4v) is 3.85. The molecule has 0 amide bonds. The van der Waals surface area contributed by atoms with Crippen LogP contribution in [-0.2, 0) is 0 Å². The van der Waals surface area contributed by atoms with Crippen molar-refractivity contribution >= 4 is 54.9 Å². The van der Waals surface area contributed by atoms with Crippen LogP contribution in [0.4, 0.5) is 0 Å². The van der Waals surface area contributed by atoms with Crippen LogP contribution in [0, 0.1) is 0 Å². The van der Waals surface area contributed by atoms with Crippen LogP contribution in [0.5, 0.6) is 5.75 Å². The van der Waals surface area contributed by atoms with Crippen molar-refractivity contribution in [1.82, 2.24) is 9.66 Å². The molecule has 0 spiro atoms. The molecule has 8 heteroatoms. The first-order valence-corrected chi connectivity index (χ1v) is 11.8. The summed E-state index contributed by atoms with van der Waals surface area (Å²) in [5.41, 5.74) is 1.32. The van der Waals surface area contributed by atoms with Crippen molar-refractivity contribution in [1.29, 1.82) is 0 Å². The van der Waals surface area contributed by atoms with E-state index in [-0.39, 0.29) is 11.5 Å². The maximum absolute atomic E-state index is 13.1. The molecule has 0 N–H and O–H groups in total. The zero-order chi connectivity index (χ0) is 23.5. The van der Waals surface area contributed by atoms with Gasteiger partial charge in [0.25, 0.3) is 5.56 Å². The number of nitrogens with zero attached hydrogens (tertiary/aromatic N) is 3. The fourth-order valence-electron chi connectivity index (χ4n) is 3.20. The minimum atomic E-state index is -0.494. The Morgan fingerprint density at radius 3 is 2.45 bits per heavy atom. The standard InChI is InChI=1S/C25H19Br2N3O3/c1-15(2)23-29-21-6-4-3-5-20(21)24(31)30(23)28-14-17-13-19(27)11-12-22(17)33-25(32)16-7-9-18(26)10-8-16/h3-15H,1-2H3. The summed E-state index contributed by atoms with van der Waals surface area (Å²) in [6.07, 6.45) is 1.50. The van der Waals surface area contributed by atoms with Crippen LogP contribution >= 0.6 is 31.9 Å². The number of halogens is 2. The summed E-state index contributed by atoms with van der Waals surface area (Å²) in [5.74, 6) is 0.338. The molecule has 1 aromatic heterocycles. The van der Waals surface area contributed by atoms with Gasteiger partial charge in [0.15, 0.2) is 0 Å². The van der Waals surface area contributed by atoms with Gasteiger partial charge >= 0.3 is 5.97 Å². The van der Waals surface area contributed by atoms with Crippen LogP contribution in [0.1, 0.15) is 41.5 Å². The second-order valence-electron chi connectivity index (χ2n) is 7.58. The minimum absolute atomic E-state index is 0.0309. The van der Waals surface area contributed by atoms with Crippen molar-refractivity contribution in [2.45, 2.75) is 19.8 Å². The first kappa shape index (κ1) is 23.1. The topological polar surface area (TPSA) is 73.6 Å². The van der Waals surface area contributed by atoms with Crippen LogP contribution in [0.3, 0.4) is 0 Å². The lowest BCUT2D eigenvalue weighted by Crippen LogP contribution is -2.23. The van der Waals surface area contributed by atoms with Gasteiger partial charge in [0.1, 0.15) is 11.6 Å². The Morgan fingerprint density at radius 1 is 1.03 bits per heavy atom. The fraction of sp³-hybridized carbons (Fsp3) is 0.120. The Hall–Kier alpha value is -3.10. The molecule has 6 nitrogen and oxygen atoms in total. The highest BCUT2D eigenvalue weighted by Gasteiger charge is 2.15. The smallest absolute Gasteiger partial charge is 0.343 e. The Balaban J connectivity index is 1.74. The van der Waals surface area contributed by atoms with Gasteiger partial charge in [-0.25, -0.2) is 9.78 Å². The highest BCUT2D eigenvalue weighted by molar-refractivity contribution is 9.10. The third-order valence-electron chi connectivity index (χ3n) is 4.86. The first-order valence-electron chi connectivity index (χ1n) is 10.2. The van der Waals surface area contributed by atoms with Gasteiger partial charge in [-0.05, 0) is 54.6 Å². The van der Waals surface area contributed by atoms with Gasteiger partial charge in [0.2, 0.25) is 0 Å². The van der Waals surface area contributed by atoms with E-state index in [1.54, 1.807) is 54.6 Å². The summed E-state index contributed by atoms with van der Waals surface area (Å²) in [6, 6.07) is 19.3. The number of hydrogen-bond donors (Lipinski definition) is 0. The molecule has 0 unspecified atom stereocenters. The Morgan fingerprint density at radius 2 is 1.73 bits per heavy atom. The van der Waals surface area contributed by atoms with E-state index in [1.165, 1.54) is 10.9 Å². The molecule has 0 aliphatic rings. The van der Waals surface area contributed by atoms with E-state index in [4.69, 9.17) is 4.74 Å². The van der Waals surface area contributed by atoms with Crippen molar-refractivity contribution in [3.63, 3.8) is 0 Å². The van der Waals surface area contributed by atoms with Gasteiger partial charge in [0.05, 0.1) is 22.7 Å². The zero-order valence-electron chi connectivity index (χ0n) is 17.8. The highest BCUT2D eigenvalue weighted by atomic mass is 79.9. The van der Waals surface area contributed by atoms with E-state index in [1.807, 2.05) is 26.0 Å². The average molecular weight is 569 g/mol. The summed E-state index contributed by atoms with van der Waals surface area (Å²) < 4.78 is 8.57.